The first-order valence-electron chi connectivity index (χ1n) is 12.2. The number of likely N-dealkylation sites (tertiary alicyclic amines) is 2. The Morgan fingerprint density at radius 2 is 1.76 bits per heavy atom. The third-order valence-electron chi connectivity index (χ3n) is 6.84. The van der Waals surface area contributed by atoms with Crippen molar-refractivity contribution in [1.29, 1.82) is 0 Å². The third-order valence-corrected chi connectivity index (χ3v) is 6.84. The molecule has 34 heavy (non-hydrogen) atoms. The van der Waals surface area contributed by atoms with Crippen LogP contribution in [0.2, 0.25) is 0 Å². The Labute approximate surface area is 199 Å². The maximum absolute atomic E-state index is 12.9. The summed E-state index contributed by atoms with van der Waals surface area (Å²) >= 11 is 0. The molecule has 0 aliphatic carbocycles. The molecule has 0 radical (unpaired) electrons. The SMILES string of the molecule is CCOc1ccc(NC(=O)N2CCC(c3ccn4ncc(C(=O)N5CCCC5)c4c3)CC2)cc1. The minimum atomic E-state index is -0.0765. The average molecular weight is 462 g/mol. The van der Waals surface area contributed by atoms with Crippen LogP contribution in [0, 0.1) is 0 Å². The van der Waals surface area contributed by atoms with Gasteiger partial charge < -0.3 is 19.9 Å². The van der Waals surface area contributed by atoms with Gasteiger partial charge in [-0.25, -0.2) is 9.31 Å². The second-order valence-electron chi connectivity index (χ2n) is 9.00. The molecule has 3 aromatic rings. The van der Waals surface area contributed by atoms with Gasteiger partial charge in [-0.1, -0.05) is 0 Å². The predicted octanol–water partition coefficient (Wildman–Crippen LogP) is 4.38. The molecule has 0 bridgehead atoms. The van der Waals surface area contributed by atoms with Crippen LogP contribution in [-0.4, -0.2) is 64.1 Å². The van der Waals surface area contributed by atoms with Crippen LogP contribution in [0.1, 0.15) is 54.4 Å². The van der Waals surface area contributed by atoms with Crippen molar-refractivity contribution < 1.29 is 14.3 Å². The molecule has 2 aromatic heterocycles. The molecule has 2 saturated heterocycles. The van der Waals surface area contributed by atoms with E-state index < -0.39 is 0 Å². The Morgan fingerprint density at radius 1 is 1.03 bits per heavy atom. The zero-order valence-electron chi connectivity index (χ0n) is 19.6. The molecule has 0 atom stereocenters. The first kappa shape index (κ1) is 22.3. The number of anilines is 1. The van der Waals surface area contributed by atoms with Gasteiger partial charge >= 0.3 is 6.03 Å². The molecule has 8 heteroatoms. The quantitative estimate of drug-likeness (QED) is 0.612. The Balaban J connectivity index is 1.22. The Morgan fingerprint density at radius 3 is 2.47 bits per heavy atom. The smallest absolute Gasteiger partial charge is 0.321 e. The number of carbonyl (C=O) groups excluding carboxylic acids is 2. The van der Waals surface area contributed by atoms with Crippen LogP contribution in [0.25, 0.3) is 5.52 Å². The van der Waals surface area contributed by atoms with E-state index >= 15 is 0 Å². The lowest BCUT2D eigenvalue weighted by molar-refractivity contribution is 0.0794. The number of aromatic nitrogens is 2. The number of amides is 3. The van der Waals surface area contributed by atoms with E-state index in [1.165, 1.54) is 5.56 Å². The molecule has 5 rings (SSSR count). The predicted molar refractivity (Wildman–Crippen MR) is 131 cm³/mol. The number of carbonyl (C=O) groups is 2. The summed E-state index contributed by atoms with van der Waals surface area (Å²) in [5.41, 5.74) is 3.51. The van der Waals surface area contributed by atoms with E-state index in [0.29, 0.717) is 31.2 Å². The maximum Gasteiger partial charge on any atom is 0.321 e. The van der Waals surface area contributed by atoms with Gasteiger partial charge in [0.15, 0.2) is 0 Å². The molecule has 4 heterocycles. The van der Waals surface area contributed by atoms with Gasteiger partial charge in [0.1, 0.15) is 5.75 Å². The lowest BCUT2D eigenvalue weighted by Gasteiger charge is -2.32. The Kier molecular flexibility index (Phi) is 6.38. The summed E-state index contributed by atoms with van der Waals surface area (Å²) < 4.78 is 7.24. The summed E-state index contributed by atoms with van der Waals surface area (Å²) in [6, 6.07) is 11.6. The van der Waals surface area contributed by atoms with Crippen molar-refractivity contribution in [2.45, 2.75) is 38.5 Å². The number of hydrogen-bond donors (Lipinski definition) is 1. The van der Waals surface area contributed by atoms with Gasteiger partial charge in [-0.05, 0) is 80.5 Å². The van der Waals surface area contributed by atoms with Crippen molar-refractivity contribution in [3.05, 3.63) is 59.9 Å². The summed E-state index contributed by atoms with van der Waals surface area (Å²) in [6.45, 7) is 5.60. The van der Waals surface area contributed by atoms with Crippen molar-refractivity contribution in [2.75, 3.05) is 38.1 Å². The van der Waals surface area contributed by atoms with E-state index in [9.17, 15) is 9.59 Å². The van der Waals surface area contributed by atoms with Crippen molar-refractivity contribution in [3.8, 4) is 5.75 Å². The fourth-order valence-electron chi connectivity index (χ4n) is 4.93. The van der Waals surface area contributed by atoms with Crippen molar-refractivity contribution in [1.82, 2.24) is 19.4 Å². The van der Waals surface area contributed by atoms with E-state index in [1.54, 1.807) is 10.7 Å². The van der Waals surface area contributed by atoms with Crippen LogP contribution in [0.15, 0.2) is 48.8 Å². The molecule has 0 spiro atoms. The van der Waals surface area contributed by atoms with Gasteiger partial charge in [-0.3, -0.25) is 4.79 Å². The van der Waals surface area contributed by atoms with Crippen molar-refractivity contribution in [3.63, 3.8) is 0 Å². The van der Waals surface area contributed by atoms with Gasteiger partial charge in [-0.2, -0.15) is 5.10 Å². The summed E-state index contributed by atoms with van der Waals surface area (Å²) in [4.78, 5) is 29.5. The zero-order chi connectivity index (χ0) is 23.5. The highest BCUT2D eigenvalue weighted by Gasteiger charge is 2.26. The largest absolute Gasteiger partial charge is 0.494 e. The molecule has 2 aliphatic heterocycles. The highest BCUT2D eigenvalue weighted by molar-refractivity contribution is 6.00. The molecular formula is C26H31N5O3. The number of nitrogens with one attached hydrogen (secondary N) is 1. The lowest BCUT2D eigenvalue weighted by atomic mass is 9.89. The van der Waals surface area contributed by atoms with Gasteiger partial charge in [0.05, 0.1) is 23.9 Å². The van der Waals surface area contributed by atoms with Crippen LogP contribution < -0.4 is 10.1 Å². The van der Waals surface area contributed by atoms with Crippen LogP contribution in [-0.2, 0) is 0 Å². The molecule has 2 aliphatic rings. The highest BCUT2D eigenvalue weighted by atomic mass is 16.5. The second kappa shape index (κ2) is 9.75. The zero-order valence-corrected chi connectivity index (χ0v) is 19.6. The summed E-state index contributed by atoms with van der Waals surface area (Å²) in [6.07, 6.45) is 7.54. The van der Waals surface area contributed by atoms with Crippen molar-refractivity contribution in [2.24, 2.45) is 0 Å². The molecule has 2 fully saturated rings. The number of pyridine rings is 1. The Hall–Kier alpha value is -3.55. The molecule has 0 saturated carbocycles. The number of rotatable bonds is 5. The molecule has 178 valence electrons. The first-order valence-corrected chi connectivity index (χ1v) is 12.2. The molecular weight excluding hydrogens is 430 g/mol. The van der Waals surface area contributed by atoms with E-state index in [2.05, 4.69) is 22.5 Å². The number of ether oxygens (including phenoxy) is 1. The van der Waals surface area contributed by atoms with Gasteiger partial charge in [0, 0.05) is 38.1 Å². The third kappa shape index (κ3) is 4.58. The summed E-state index contributed by atoms with van der Waals surface area (Å²) in [7, 11) is 0. The van der Waals surface area contributed by atoms with Gasteiger partial charge in [-0.15, -0.1) is 0 Å². The molecule has 1 aromatic carbocycles. The number of benzene rings is 1. The van der Waals surface area contributed by atoms with Crippen LogP contribution in [0.4, 0.5) is 10.5 Å². The first-order chi connectivity index (χ1) is 16.6. The van der Waals surface area contributed by atoms with Crippen LogP contribution in [0.5, 0.6) is 5.75 Å². The topological polar surface area (TPSA) is 79.2 Å². The fraction of sp³-hybridized carbons (Fsp3) is 0.423. The minimum Gasteiger partial charge on any atom is -0.494 e. The maximum atomic E-state index is 12.9. The normalized spacial score (nSPS) is 16.7. The molecule has 1 N–H and O–H groups in total. The van der Waals surface area contributed by atoms with Crippen LogP contribution >= 0.6 is 0 Å². The summed E-state index contributed by atoms with van der Waals surface area (Å²) in [5.74, 6) is 1.22. The van der Waals surface area contributed by atoms with Crippen molar-refractivity contribution >= 4 is 23.1 Å². The molecule has 3 amide bonds. The minimum absolute atomic E-state index is 0.0745. The summed E-state index contributed by atoms with van der Waals surface area (Å²) in [5, 5.41) is 7.37. The van der Waals surface area contributed by atoms with E-state index in [0.717, 1.165) is 55.7 Å². The van der Waals surface area contributed by atoms with Gasteiger partial charge in [0.25, 0.3) is 5.91 Å². The molecule has 8 nitrogen and oxygen atoms in total. The van der Waals surface area contributed by atoms with E-state index in [4.69, 9.17) is 4.74 Å². The number of fused-ring (bicyclic) bond motifs is 1. The highest BCUT2D eigenvalue weighted by Crippen LogP contribution is 2.30. The number of nitrogens with zero attached hydrogens (tertiary/aromatic N) is 4. The van der Waals surface area contributed by atoms with E-state index in [-0.39, 0.29) is 11.9 Å². The Bertz CT molecular complexity index is 1160. The number of hydrogen-bond acceptors (Lipinski definition) is 4. The van der Waals surface area contributed by atoms with Crippen LogP contribution in [0.3, 0.4) is 0 Å². The monoisotopic (exact) mass is 461 g/mol. The van der Waals surface area contributed by atoms with Gasteiger partial charge in [0.2, 0.25) is 0 Å². The average Bonchev–Trinajstić information content (AvgIpc) is 3.55. The number of urea groups is 1. The standard InChI is InChI=1S/C26H31N5O3/c1-2-34-22-7-5-21(6-8-22)28-26(33)30-14-9-19(10-15-30)20-11-16-31-24(17-20)23(18-27-31)25(32)29-12-3-4-13-29/h5-8,11,16-19H,2-4,9-10,12-15H2,1H3,(H,28,33). The molecule has 0 unspecified atom stereocenters. The van der Waals surface area contributed by atoms with E-state index in [1.807, 2.05) is 47.2 Å². The lowest BCUT2D eigenvalue weighted by Crippen LogP contribution is -2.40. The number of piperidine rings is 1. The fourth-order valence-corrected chi connectivity index (χ4v) is 4.93. The second-order valence-corrected chi connectivity index (χ2v) is 9.00.